The fraction of sp³-hybridized carbons (Fsp3) is 0.125. The lowest BCUT2D eigenvalue weighted by Gasteiger charge is -2.09. The molecule has 110 valence electrons. The molecule has 2 heterocycles. The summed E-state index contributed by atoms with van der Waals surface area (Å²) in [5.41, 5.74) is 7.29. The summed E-state index contributed by atoms with van der Waals surface area (Å²) < 4.78 is 1.38. The molecule has 2 N–H and O–H groups in total. The van der Waals surface area contributed by atoms with Crippen molar-refractivity contribution in [1.82, 2.24) is 14.8 Å². The van der Waals surface area contributed by atoms with E-state index in [2.05, 4.69) is 10.1 Å². The van der Waals surface area contributed by atoms with Crippen molar-refractivity contribution in [2.75, 3.05) is 0 Å². The van der Waals surface area contributed by atoms with Crippen LogP contribution < -0.4 is 11.3 Å². The minimum absolute atomic E-state index is 0.212. The van der Waals surface area contributed by atoms with Crippen molar-refractivity contribution >= 4 is 16.8 Å². The van der Waals surface area contributed by atoms with Gasteiger partial charge < -0.3 is 5.73 Å². The van der Waals surface area contributed by atoms with Gasteiger partial charge in [-0.05, 0) is 31.2 Å². The molecule has 0 atom stereocenters. The number of aromatic nitrogens is 3. The first-order valence-electron chi connectivity index (χ1n) is 6.88. The fourth-order valence-corrected chi connectivity index (χ4v) is 2.33. The molecule has 3 rings (SSSR count). The monoisotopic (exact) mass is 294 g/mol. The van der Waals surface area contributed by atoms with Crippen LogP contribution in [0.5, 0.6) is 0 Å². The number of amides is 1. The second kappa shape index (κ2) is 5.40. The van der Waals surface area contributed by atoms with E-state index in [1.165, 1.54) is 4.68 Å². The van der Waals surface area contributed by atoms with Crippen molar-refractivity contribution in [2.45, 2.75) is 13.5 Å². The summed E-state index contributed by atoms with van der Waals surface area (Å²) in [6.45, 7) is 2.31. The minimum atomic E-state index is -0.482. The number of carbonyl (C=O) groups is 1. The molecule has 0 aliphatic rings. The van der Waals surface area contributed by atoms with Crippen molar-refractivity contribution in [3.63, 3.8) is 0 Å². The Morgan fingerprint density at radius 1 is 1.23 bits per heavy atom. The highest BCUT2D eigenvalue weighted by Gasteiger charge is 2.12. The van der Waals surface area contributed by atoms with Crippen LogP contribution in [0.4, 0.5) is 0 Å². The van der Waals surface area contributed by atoms with E-state index in [0.29, 0.717) is 28.7 Å². The number of carbonyl (C=O) groups excluding carboxylic acids is 1. The van der Waals surface area contributed by atoms with E-state index in [1.807, 2.05) is 13.0 Å². The molecule has 3 aromatic rings. The molecular weight excluding hydrogens is 280 g/mol. The van der Waals surface area contributed by atoms with E-state index in [9.17, 15) is 9.59 Å². The average molecular weight is 294 g/mol. The highest BCUT2D eigenvalue weighted by atomic mass is 16.1. The first kappa shape index (κ1) is 13.9. The molecule has 1 aromatic carbocycles. The number of aryl methyl sites for hydroxylation is 1. The molecule has 0 fully saturated rings. The fourth-order valence-electron chi connectivity index (χ4n) is 2.33. The quantitative estimate of drug-likeness (QED) is 0.794. The van der Waals surface area contributed by atoms with Gasteiger partial charge in [0.05, 0.1) is 0 Å². The number of hydrogen-bond acceptors (Lipinski definition) is 4. The number of nitrogens with zero attached hydrogens (tertiary/aromatic N) is 3. The Bertz CT molecular complexity index is 914. The molecule has 22 heavy (non-hydrogen) atoms. The van der Waals surface area contributed by atoms with Gasteiger partial charge in [-0.3, -0.25) is 14.6 Å². The Balaban J connectivity index is 2.28. The van der Waals surface area contributed by atoms with Crippen molar-refractivity contribution in [2.24, 2.45) is 5.73 Å². The van der Waals surface area contributed by atoms with Gasteiger partial charge in [0.15, 0.2) is 0 Å². The number of pyridine rings is 1. The Morgan fingerprint density at radius 2 is 1.95 bits per heavy atom. The molecule has 0 aliphatic heterocycles. The van der Waals surface area contributed by atoms with Crippen LogP contribution in [-0.4, -0.2) is 20.7 Å². The maximum atomic E-state index is 12.3. The van der Waals surface area contributed by atoms with Gasteiger partial charge in [0.25, 0.3) is 5.56 Å². The summed E-state index contributed by atoms with van der Waals surface area (Å²) in [7, 11) is 0. The van der Waals surface area contributed by atoms with Crippen molar-refractivity contribution in [1.29, 1.82) is 0 Å². The van der Waals surface area contributed by atoms with Crippen LogP contribution in [0, 0.1) is 0 Å². The number of primary amides is 1. The zero-order chi connectivity index (χ0) is 15.7. The molecule has 6 nitrogen and oxygen atoms in total. The third-order valence-electron chi connectivity index (χ3n) is 3.46. The van der Waals surface area contributed by atoms with Crippen LogP contribution in [0.1, 0.15) is 17.3 Å². The third kappa shape index (κ3) is 2.24. The maximum Gasteiger partial charge on any atom is 0.293 e. The van der Waals surface area contributed by atoms with E-state index in [1.54, 1.807) is 36.5 Å². The highest BCUT2D eigenvalue weighted by Crippen LogP contribution is 2.23. The van der Waals surface area contributed by atoms with Gasteiger partial charge in [0.2, 0.25) is 5.91 Å². The molecule has 0 aliphatic carbocycles. The third-order valence-corrected chi connectivity index (χ3v) is 3.46. The van der Waals surface area contributed by atoms with Gasteiger partial charge in [0, 0.05) is 29.3 Å². The van der Waals surface area contributed by atoms with Gasteiger partial charge in [-0.1, -0.05) is 12.1 Å². The highest BCUT2D eigenvalue weighted by molar-refractivity contribution is 5.95. The van der Waals surface area contributed by atoms with Crippen LogP contribution in [0.2, 0.25) is 0 Å². The Labute approximate surface area is 126 Å². The number of hydrogen-bond donors (Lipinski definition) is 1. The Kier molecular flexibility index (Phi) is 3.42. The first-order chi connectivity index (χ1) is 10.6. The van der Waals surface area contributed by atoms with E-state index in [4.69, 9.17) is 5.73 Å². The standard InChI is InChI=1S/C16H14N4O2/c1-2-20-16(22)14-12(4-3-9-18-14)13(19-20)10-5-7-11(8-6-10)15(17)21/h3-9H,2H2,1H3,(H2,17,21). The number of fused-ring (bicyclic) bond motifs is 1. The zero-order valence-corrected chi connectivity index (χ0v) is 12.0. The number of rotatable bonds is 3. The van der Waals surface area contributed by atoms with Gasteiger partial charge in [-0.15, -0.1) is 0 Å². The molecule has 2 aromatic heterocycles. The normalized spacial score (nSPS) is 10.8. The predicted molar refractivity (Wildman–Crippen MR) is 83.4 cm³/mol. The van der Waals surface area contributed by atoms with Crippen LogP contribution in [0.25, 0.3) is 22.2 Å². The van der Waals surface area contributed by atoms with Gasteiger partial charge >= 0.3 is 0 Å². The average Bonchev–Trinajstić information content (AvgIpc) is 2.55. The van der Waals surface area contributed by atoms with Gasteiger partial charge in [-0.2, -0.15) is 5.10 Å². The zero-order valence-electron chi connectivity index (χ0n) is 12.0. The molecule has 0 spiro atoms. The predicted octanol–water partition coefficient (Wildman–Crippen LogP) is 1.58. The summed E-state index contributed by atoms with van der Waals surface area (Å²) in [5.74, 6) is -0.482. The first-order valence-corrected chi connectivity index (χ1v) is 6.88. The Morgan fingerprint density at radius 3 is 2.59 bits per heavy atom. The molecule has 0 unspecified atom stereocenters. The lowest BCUT2D eigenvalue weighted by molar-refractivity contribution is 0.100. The largest absolute Gasteiger partial charge is 0.366 e. The van der Waals surface area contributed by atoms with E-state index in [-0.39, 0.29) is 5.56 Å². The van der Waals surface area contributed by atoms with Crippen molar-refractivity contribution in [3.8, 4) is 11.3 Å². The lowest BCUT2D eigenvalue weighted by Crippen LogP contribution is -2.23. The molecule has 0 radical (unpaired) electrons. The van der Waals surface area contributed by atoms with Crippen LogP contribution in [-0.2, 0) is 6.54 Å². The van der Waals surface area contributed by atoms with Crippen LogP contribution >= 0.6 is 0 Å². The number of benzene rings is 1. The molecular formula is C16H14N4O2. The summed E-state index contributed by atoms with van der Waals surface area (Å²) in [4.78, 5) is 27.6. The lowest BCUT2D eigenvalue weighted by atomic mass is 10.1. The van der Waals surface area contributed by atoms with Crippen molar-refractivity contribution < 1.29 is 4.79 Å². The molecule has 6 heteroatoms. The van der Waals surface area contributed by atoms with Gasteiger partial charge in [0.1, 0.15) is 11.2 Å². The van der Waals surface area contributed by atoms with Crippen molar-refractivity contribution in [3.05, 3.63) is 58.5 Å². The number of nitrogens with two attached hydrogens (primary N) is 1. The van der Waals surface area contributed by atoms with E-state index in [0.717, 1.165) is 5.56 Å². The summed E-state index contributed by atoms with van der Waals surface area (Å²) in [6, 6.07) is 10.4. The van der Waals surface area contributed by atoms with Crippen LogP contribution in [0.15, 0.2) is 47.4 Å². The molecule has 0 bridgehead atoms. The Hall–Kier alpha value is -3.02. The summed E-state index contributed by atoms with van der Waals surface area (Å²) in [5, 5.41) is 5.10. The molecule has 0 saturated carbocycles. The van der Waals surface area contributed by atoms with Crippen LogP contribution in [0.3, 0.4) is 0 Å². The second-order valence-corrected chi connectivity index (χ2v) is 4.81. The van der Waals surface area contributed by atoms with E-state index < -0.39 is 5.91 Å². The smallest absolute Gasteiger partial charge is 0.293 e. The summed E-state index contributed by atoms with van der Waals surface area (Å²) >= 11 is 0. The minimum Gasteiger partial charge on any atom is -0.366 e. The van der Waals surface area contributed by atoms with Gasteiger partial charge in [-0.25, -0.2) is 4.68 Å². The van der Waals surface area contributed by atoms with E-state index >= 15 is 0 Å². The summed E-state index contributed by atoms with van der Waals surface area (Å²) in [6.07, 6.45) is 1.59. The topological polar surface area (TPSA) is 90.9 Å². The SMILES string of the molecule is CCn1nc(-c2ccc(C(N)=O)cc2)c2cccnc2c1=O. The maximum absolute atomic E-state index is 12.3. The molecule has 0 saturated heterocycles. The second-order valence-electron chi connectivity index (χ2n) is 4.81. The molecule has 1 amide bonds.